The van der Waals surface area contributed by atoms with E-state index in [0.29, 0.717) is 19.5 Å². The molecule has 3 aliphatic rings. The standard InChI is InChI=1S/C27H30N2O5/c1-2-16(13-24(30)29-12-11-21-22(14-29)25(21)26(31)32)28-27(33)34-15-23-19-9-5-3-7-17(19)18-8-4-6-10-20(18)23/h3-10,16,21-23,25H,2,11-15H2,1H3,(H,28,33)(H,31,32)/t16-,21?,22?,25?/m0/s1. The molecule has 7 nitrogen and oxygen atoms in total. The zero-order valence-corrected chi connectivity index (χ0v) is 19.3. The van der Waals surface area contributed by atoms with E-state index in [1.807, 2.05) is 31.2 Å². The number of carbonyl (C=O) groups excluding carboxylic acids is 2. The number of alkyl carbamates (subject to hydrolysis) is 1. The van der Waals surface area contributed by atoms with Crippen LogP contribution in [0.1, 0.15) is 43.2 Å². The number of carboxylic acids is 1. The van der Waals surface area contributed by atoms with E-state index in [1.165, 1.54) is 11.1 Å². The average Bonchev–Trinajstić information content (AvgIpc) is 3.49. The van der Waals surface area contributed by atoms with Gasteiger partial charge in [0.2, 0.25) is 5.91 Å². The second kappa shape index (κ2) is 9.12. The van der Waals surface area contributed by atoms with Crippen molar-refractivity contribution >= 4 is 18.0 Å². The van der Waals surface area contributed by atoms with Crippen LogP contribution < -0.4 is 5.32 Å². The van der Waals surface area contributed by atoms with Crippen LogP contribution in [0.4, 0.5) is 4.79 Å². The second-order valence-electron chi connectivity index (χ2n) is 9.60. The number of piperidine rings is 1. The van der Waals surface area contributed by atoms with Gasteiger partial charge in [-0.2, -0.15) is 0 Å². The normalized spacial score (nSPS) is 23.3. The van der Waals surface area contributed by atoms with E-state index >= 15 is 0 Å². The second-order valence-corrected chi connectivity index (χ2v) is 9.60. The highest BCUT2D eigenvalue weighted by Crippen LogP contribution is 2.51. The summed E-state index contributed by atoms with van der Waals surface area (Å²) in [6.07, 6.45) is 1.02. The van der Waals surface area contributed by atoms with Crippen molar-refractivity contribution in [2.45, 2.75) is 38.1 Å². The van der Waals surface area contributed by atoms with Gasteiger partial charge in [-0.25, -0.2) is 4.79 Å². The van der Waals surface area contributed by atoms with E-state index in [-0.39, 0.29) is 48.6 Å². The summed E-state index contributed by atoms with van der Waals surface area (Å²) in [5.74, 6) is -0.832. The fourth-order valence-corrected chi connectivity index (χ4v) is 5.78. The van der Waals surface area contributed by atoms with Crippen molar-refractivity contribution in [2.75, 3.05) is 19.7 Å². The summed E-state index contributed by atoms with van der Waals surface area (Å²) >= 11 is 0. The summed E-state index contributed by atoms with van der Waals surface area (Å²) in [4.78, 5) is 38.5. The number of carbonyl (C=O) groups is 3. The van der Waals surface area contributed by atoms with Crippen LogP contribution in [0.15, 0.2) is 48.5 Å². The number of rotatable bonds is 7. The van der Waals surface area contributed by atoms with Crippen molar-refractivity contribution in [1.82, 2.24) is 10.2 Å². The minimum atomic E-state index is -0.757. The van der Waals surface area contributed by atoms with Gasteiger partial charge in [-0.3, -0.25) is 9.59 Å². The first kappa shape index (κ1) is 22.4. The Morgan fingerprint density at radius 2 is 1.71 bits per heavy atom. The summed E-state index contributed by atoms with van der Waals surface area (Å²) in [7, 11) is 0. The number of aliphatic carboxylic acids is 1. The van der Waals surface area contributed by atoms with E-state index in [2.05, 4.69) is 29.6 Å². The fourth-order valence-electron chi connectivity index (χ4n) is 5.78. The van der Waals surface area contributed by atoms with E-state index in [1.54, 1.807) is 4.90 Å². The molecule has 1 saturated carbocycles. The van der Waals surface area contributed by atoms with Gasteiger partial charge in [-0.15, -0.1) is 0 Å². The van der Waals surface area contributed by atoms with Crippen LogP contribution in [0.3, 0.4) is 0 Å². The van der Waals surface area contributed by atoms with Crippen LogP contribution in [0, 0.1) is 17.8 Å². The molecule has 2 fully saturated rings. The molecule has 1 heterocycles. The minimum Gasteiger partial charge on any atom is -0.481 e. The Bertz CT molecular complexity index is 1070. The predicted octanol–water partition coefficient (Wildman–Crippen LogP) is 3.87. The van der Waals surface area contributed by atoms with Gasteiger partial charge < -0.3 is 20.1 Å². The largest absolute Gasteiger partial charge is 0.481 e. The number of benzene rings is 2. The monoisotopic (exact) mass is 462 g/mol. The third kappa shape index (κ3) is 4.15. The maximum absolute atomic E-state index is 12.8. The molecular formula is C27H30N2O5. The predicted molar refractivity (Wildman–Crippen MR) is 126 cm³/mol. The molecule has 2 aromatic carbocycles. The van der Waals surface area contributed by atoms with Crippen molar-refractivity contribution in [2.24, 2.45) is 17.8 Å². The van der Waals surface area contributed by atoms with Crippen LogP contribution in [-0.2, 0) is 14.3 Å². The molecule has 0 radical (unpaired) electrons. The smallest absolute Gasteiger partial charge is 0.407 e. The van der Waals surface area contributed by atoms with E-state index in [4.69, 9.17) is 4.74 Å². The summed E-state index contributed by atoms with van der Waals surface area (Å²) in [5.41, 5.74) is 4.66. The Kier molecular flexibility index (Phi) is 6.02. The number of carboxylic acid groups (broad SMARTS) is 1. The Labute approximate surface area is 199 Å². The maximum atomic E-state index is 12.8. The first-order valence-electron chi connectivity index (χ1n) is 12.1. The highest BCUT2D eigenvalue weighted by Gasteiger charge is 2.57. The van der Waals surface area contributed by atoms with Gasteiger partial charge in [-0.1, -0.05) is 55.5 Å². The van der Waals surface area contributed by atoms with Crippen LogP contribution in [0.5, 0.6) is 0 Å². The maximum Gasteiger partial charge on any atom is 0.407 e. The number of nitrogens with zero attached hydrogens (tertiary/aromatic N) is 1. The topological polar surface area (TPSA) is 95.9 Å². The molecule has 4 atom stereocenters. The van der Waals surface area contributed by atoms with Crippen molar-refractivity contribution < 1.29 is 24.2 Å². The molecular weight excluding hydrogens is 432 g/mol. The molecule has 178 valence electrons. The molecule has 5 rings (SSSR count). The quantitative estimate of drug-likeness (QED) is 0.651. The number of fused-ring (bicyclic) bond motifs is 4. The number of hydrogen-bond acceptors (Lipinski definition) is 4. The van der Waals surface area contributed by atoms with Gasteiger partial charge in [0, 0.05) is 31.5 Å². The van der Waals surface area contributed by atoms with Gasteiger partial charge in [0.15, 0.2) is 0 Å². The Hall–Kier alpha value is -3.35. The van der Waals surface area contributed by atoms with Gasteiger partial charge in [0.25, 0.3) is 0 Å². The molecule has 3 unspecified atom stereocenters. The Balaban J connectivity index is 1.15. The summed E-state index contributed by atoms with van der Waals surface area (Å²) < 4.78 is 5.62. The highest BCUT2D eigenvalue weighted by atomic mass is 16.5. The molecule has 1 aliphatic heterocycles. The summed E-state index contributed by atoms with van der Waals surface area (Å²) in [6.45, 7) is 3.25. The number of nitrogens with one attached hydrogen (secondary N) is 1. The van der Waals surface area contributed by atoms with Crippen LogP contribution in [0.25, 0.3) is 11.1 Å². The van der Waals surface area contributed by atoms with E-state index < -0.39 is 12.1 Å². The van der Waals surface area contributed by atoms with Crippen LogP contribution >= 0.6 is 0 Å². The van der Waals surface area contributed by atoms with Gasteiger partial charge >= 0.3 is 12.1 Å². The third-order valence-corrected chi connectivity index (χ3v) is 7.71. The van der Waals surface area contributed by atoms with Crippen molar-refractivity contribution in [3.8, 4) is 11.1 Å². The summed E-state index contributed by atoms with van der Waals surface area (Å²) in [5, 5.41) is 12.1. The molecule has 0 aromatic heterocycles. The van der Waals surface area contributed by atoms with Gasteiger partial charge in [0.1, 0.15) is 6.61 Å². The molecule has 2 amide bonds. The number of likely N-dealkylation sites (tertiary alicyclic amines) is 1. The third-order valence-electron chi connectivity index (χ3n) is 7.71. The SMILES string of the molecule is CC[C@@H](CC(=O)N1CCC2C(C1)C2C(=O)O)NC(=O)OCC1c2ccccc2-c2ccccc21. The molecule has 0 bridgehead atoms. The van der Waals surface area contributed by atoms with Gasteiger partial charge in [-0.05, 0) is 46.9 Å². The lowest BCUT2D eigenvalue weighted by Gasteiger charge is -2.28. The minimum absolute atomic E-state index is 0.0122. The molecule has 2 aliphatic carbocycles. The molecule has 2 aromatic rings. The first-order valence-corrected chi connectivity index (χ1v) is 12.1. The molecule has 34 heavy (non-hydrogen) atoms. The summed E-state index contributed by atoms with van der Waals surface area (Å²) in [6, 6.07) is 16.0. The van der Waals surface area contributed by atoms with Crippen molar-refractivity contribution in [3.05, 3.63) is 59.7 Å². The average molecular weight is 463 g/mol. The van der Waals surface area contributed by atoms with E-state index in [9.17, 15) is 19.5 Å². The van der Waals surface area contributed by atoms with Crippen molar-refractivity contribution in [1.29, 1.82) is 0 Å². The van der Waals surface area contributed by atoms with Crippen LogP contribution in [-0.4, -0.2) is 53.7 Å². The fraction of sp³-hybridized carbons (Fsp3) is 0.444. The Morgan fingerprint density at radius 3 is 2.32 bits per heavy atom. The lowest BCUT2D eigenvalue weighted by atomic mass is 9.98. The molecule has 1 saturated heterocycles. The zero-order chi connectivity index (χ0) is 23.8. The molecule has 2 N–H and O–H groups in total. The number of ether oxygens (including phenoxy) is 1. The number of amides is 2. The van der Waals surface area contributed by atoms with Crippen LogP contribution in [0.2, 0.25) is 0 Å². The number of hydrogen-bond donors (Lipinski definition) is 2. The first-order chi connectivity index (χ1) is 16.5. The highest BCUT2D eigenvalue weighted by molar-refractivity contribution is 5.80. The van der Waals surface area contributed by atoms with Gasteiger partial charge in [0.05, 0.1) is 5.92 Å². The molecule has 7 heteroatoms. The Morgan fingerprint density at radius 1 is 1.06 bits per heavy atom. The van der Waals surface area contributed by atoms with Crippen molar-refractivity contribution in [3.63, 3.8) is 0 Å². The lowest BCUT2D eigenvalue weighted by Crippen LogP contribution is -2.43. The molecule has 0 spiro atoms. The van der Waals surface area contributed by atoms with E-state index in [0.717, 1.165) is 17.5 Å². The zero-order valence-electron chi connectivity index (χ0n) is 19.3. The lowest BCUT2D eigenvalue weighted by molar-refractivity contribution is -0.139.